The van der Waals surface area contributed by atoms with Gasteiger partial charge in [0.05, 0.1) is 0 Å². The lowest BCUT2D eigenvalue weighted by Gasteiger charge is -2.23. The maximum absolute atomic E-state index is 13.2. The minimum absolute atomic E-state index is 0.263. The van der Waals surface area contributed by atoms with Gasteiger partial charge in [-0.05, 0) is 38.5 Å². The van der Waals surface area contributed by atoms with Crippen LogP contribution in [0.3, 0.4) is 0 Å². The topological polar surface area (TPSA) is 674 Å². The number of aliphatic carboxylic acids is 8. The summed E-state index contributed by atoms with van der Waals surface area (Å²) in [4.78, 5) is 244. The monoisotopic (exact) mass is 1580 g/mol. The summed E-state index contributed by atoms with van der Waals surface area (Å²) in [5.74, 6) is -28.3. The van der Waals surface area contributed by atoms with E-state index >= 15 is 0 Å². The molecule has 0 saturated heterocycles. The number of thiol groups is 6. The van der Waals surface area contributed by atoms with Crippen LogP contribution in [0.5, 0.6) is 0 Å². The van der Waals surface area contributed by atoms with Crippen LogP contribution in [0.4, 0.5) is 13.2 Å². The van der Waals surface area contributed by atoms with Gasteiger partial charge in [-0.3, -0.25) is 67.1 Å². The van der Waals surface area contributed by atoms with Gasteiger partial charge in [-0.25, -0.2) is 28.8 Å². The Kier molecular flexibility index (Phi) is 46.5. The lowest BCUT2D eigenvalue weighted by molar-refractivity contribution is -0.192. The number of rotatable bonds is 49. The normalized spacial score (nSPS) is 14.4. The zero-order valence-corrected chi connectivity index (χ0v) is 58.4. The molecule has 22 N–H and O–H groups in total. The van der Waals surface area contributed by atoms with Gasteiger partial charge in [0.15, 0.2) is 0 Å². The number of amides is 12. The van der Waals surface area contributed by atoms with Gasteiger partial charge in [-0.15, -0.1) is 0 Å². The summed E-state index contributed by atoms with van der Waals surface area (Å²) in [7, 11) is 0. The average molecular weight is 1580 g/mol. The lowest BCUT2D eigenvalue weighted by Crippen LogP contribution is -2.54. The molecule has 0 aliphatic rings. The van der Waals surface area contributed by atoms with Crippen molar-refractivity contribution >= 4 is 194 Å². The van der Waals surface area contributed by atoms with E-state index in [4.69, 9.17) is 25.8 Å². The van der Waals surface area contributed by atoms with E-state index < -0.39 is 298 Å². The van der Waals surface area contributed by atoms with Gasteiger partial charge in [-0.2, -0.15) is 88.9 Å². The van der Waals surface area contributed by atoms with Crippen molar-refractivity contribution in [3.05, 3.63) is 0 Å². The standard InChI is InChI=1S/C50H77N13O26S6.C2HF3O2/c51-20(45(78)79)1-7-32(64)54-27(15-91)40(73)59-22(47(82)83)3-9-34(66)56-29(17-93)42(75)61-24(49(86)87)5-11-36(68)58-31(19-95)44(77)63-25(50(88)89)6-12-37(69)57-30(18-94)43(76)62-23(48(84)85)4-10-35(67)55-28(16-92)41(74)60-21(46(80)81)2-8-33(65)53-26(14-90)39(72)52-13-38(70)71;3-2(4,5)1(6)7/h20-31,90-95H,1-19,51H2,(H,52,72)(H,53,65)(H,54,64)(H,55,67)(H,56,66)(H,57,69)(H,58,68)(H,59,73)(H,60,74)(H,61,75)(H,62,76)(H,63,77)(H,70,71)(H,78,79)(H,80,81)(H,82,83)(H,84,85)(H,86,87)(H,88,89);(H,6,7)/t20-,21-,22-,23-,24-,25-,26-,27-,28-,29-,30-,31-;/m0./s1. The number of nitrogens with one attached hydrogen (secondary N) is 12. The molecule has 50 heteroatoms. The highest BCUT2D eigenvalue weighted by Gasteiger charge is 2.39. The van der Waals surface area contributed by atoms with Crippen molar-refractivity contribution in [2.45, 2.75) is 156 Å². The van der Waals surface area contributed by atoms with Gasteiger partial charge in [0.2, 0.25) is 70.9 Å². The van der Waals surface area contributed by atoms with Crippen molar-refractivity contribution in [1.82, 2.24) is 63.8 Å². The number of carboxylic acids is 8. The lowest BCUT2D eigenvalue weighted by atomic mass is 10.1. The molecule has 0 rings (SSSR count). The maximum atomic E-state index is 13.2. The van der Waals surface area contributed by atoms with E-state index in [0.717, 1.165) is 0 Å². The van der Waals surface area contributed by atoms with Crippen LogP contribution in [0, 0.1) is 0 Å². The Balaban J connectivity index is 0. The first-order valence-corrected chi connectivity index (χ1v) is 33.1. The van der Waals surface area contributed by atoms with Crippen LogP contribution >= 0.6 is 75.8 Å². The average Bonchev–Trinajstić information content (AvgIpc) is 0.908. The molecular formula is C52H78F3N13O28S6. The van der Waals surface area contributed by atoms with E-state index in [-0.39, 0.29) is 17.9 Å². The Morgan fingerprint density at radius 2 is 0.461 bits per heavy atom. The van der Waals surface area contributed by atoms with E-state index in [9.17, 15) is 130 Å². The van der Waals surface area contributed by atoms with Crippen LogP contribution in [0.15, 0.2) is 0 Å². The molecule has 0 heterocycles. The minimum atomic E-state index is -5.08. The summed E-state index contributed by atoms with van der Waals surface area (Å²) >= 11 is 23.8. The number of hydrogen-bond acceptors (Lipinski definition) is 27. The number of alkyl halides is 3. The van der Waals surface area contributed by atoms with Crippen molar-refractivity contribution in [1.29, 1.82) is 0 Å². The Morgan fingerprint density at radius 1 is 0.284 bits per heavy atom. The van der Waals surface area contributed by atoms with E-state index in [1.165, 1.54) is 0 Å². The minimum Gasteiger partial charge on any atom is -0.480 e. The zero-order chi connectivity index (χ0) is 78.9. The molecule has 0 radical (unpaired) electrons. The van der Waals surface area contributed by atoms with Crippen LogP contribution in [0.25, 0.3) is 0 Å². The van der Waals surface area contributed by atoms with Gasteiger partial charge in [0.25, 0.3) is 0 Å². The van der Waals surface area contributed by atoms with Crippen LogP contribution in [-0.4, -0.2) is 279 Å². The molecule has 0 aromatic carbocycles. The van der Waals surface area contributed by atoms with Gasteiger partial charge < -0.3 is 110 Å². The number of carboxylic acid groups (broad SMARTS) is 8. The molecule has 0 unspecified atom stereocenters. The second-order valence-corrected chi connectivity index (χ2v) is 23.1. The molecular weight excluding hydrogens is 1500 g/mol. The van der Waals surface area contributed by atoms with Gasteiger partial charge >= 0.3 is 53.9 Å². The summed E-state index contributed by atoms with van der Waals surface area (Å²) in [5.41, 5.74) is 5.36. The Labute approximate surface area is 607 Å². The largest absolute Gasteiger partial charge is 0.490 e. The van der Waals surface area contributed by atoms with E-state index in [0.29, 0.717) is 0 Å². The number of carbonyl (C=O) groups excluding carboxylic acids is 12. The van der Waals surface area contributed by atoms with Crippen molar-refractivity contribution in [3.8, 4) is 0 Å². The van der Waals surface area contributed by atoms with E-state index in [1.54, 1.807) is 0 Å². The number of nitrogens with two attached hydrogens (primary N) is 1. The van der Waals surface area contributed by atoms with Crippen molar-refractivity contribution in [2.24, 2.45) is 5.73 Å². The third-order valence-electron chi connectivity index (χ3n) is 13.0. The van der Waals surface area contributed by atoms with E-state index in [1.807, 2.05) is 5.32 Å². The Hall–Kier alpha value is -8.75. The molecule has 0 aromatic heterocycles. The predicted molar refractivity (Wildman–Crippen MR) is 358 cm³/mol. The summed E-state index contributed by atoms with van der Waals surface area (Å²) in [6.07, 6.45) is -12.1. The van der Waals surface area contributed by atoms with Gasteiger partial charge in [0, 0.05) is 73.0 Å². The highest BCUT2D eigenvalue weighted by molar-refractivity contribution is 7.81. The maximum Gasteiger partial charge on any atom is 0.490 e. The summed E-state index contributed by atoms with van der Waals surface area (Å²) < 4.78 is 31.7. The first-order chi connectivity index (χ1) is 47.4. The summed E-state index contributed by atoms with van der Waals surface area (Å²) in [6.45, 7) is -0.759. The second-order valence-electron chi connectivity index (χ2n) is 20.9. The Bertz CT molecular complexity index is 3020. The highest BCUT2D eigenvalue weighted by Crippen LogP contribution is 2.14. The third kappa shape index (κ3) is 40.0. The quantitative estimate of drug-likeness (QED) is 0.0252. The van der Waals surface area contributed by atoms with Crippen LogP contribution in [-0.2, 0) is 95.9 Å². The molecule has 0 aliphatic carbocycles. The third-order valence-corrected chi connectivity index (χ3v) is 15.2. The smallest absolute Gasteiger partial charge is 0.480 e. The van der Waals surface area contributed by atoms with Crippen LogP contribution in [0.2, 0.25) is 0 Å². The molecule has 41 nitrogen and oxygen atoms in total. The van der Waals surface area contributed by atoms with Crippen molar-refractivity contribution in [2.75, 3.05) is 41.1 Å². The fourth-order valence-electron chi connectivity index (χ4n) is 7.49. The zero-order valence-electron chi connectivity index (χ0n) is 53.0. The number of carbonyl (C=O) groups is 20. The first kappa shape index (κ1) is 95.3. The van der Waals surface area contributed by atoms with Crippen LogP contribution in [0.1, 0.15) is 77.0 Å². The van der Waals surface area contributed by atoms with Gasteiger partial charge in [0.1, 0.15) is 79.0 Å². The molecule has 12 amide bonds. The molecule has 0 aliphatic heterocycles. The molecule has 102 heavy (non-hydrogen) atoms. The second kappa shape index (κ2) is 49.8. The van der Waals surface area contributed by atoms with Crippen LogP contribution < -0.4 is 69.5 Å². The summed E-state index contributed by atoms with van der Waals surface area (Å²) in [6, 6.07) is -19.3. The molecule has 12 atom stereocenters. The SMILES string of the molecule is N[C@@H](CCC(=O)N[C@@H](CS)C(=O)N[C@@H](CCC(=O)N[C@@H](CS)C(=O)N[C@@H](CCC(=O)N[C@@H](CS)C(=O)N[C@@H](CCC(=O)N[C@@H](CS)C(=O)N[C@@H](CCC(=O)N[C@@H](CS)C(=O)N[C@@H](CCC(=O)N[C@@H](CS)C(=O)NCC(=O)O)C(=O)O)C(=O)O)C(=O)O)C(=O)O)C(=O)O)C(=O)O.O=C(O)C(F)(F)F. The highest BCUT2D eigenvalue weighted by atomic mass is 32.1. The fourth-order valence-corrected chi connectivity index (χ4v) is 9.03. The fraction of sp³-hybridized carbons (Fsp3) is 0.615. The first-order valence-electron chi connectivity index (χ1n) is 29.3. The molecule has 0 bridgehead atoms. The van der Waals surface area contributed by atoms with Gasteiger partial charge in [-0.1, -0.05) is 0 Å². The molecule has 576 valence electrons. The molecule has 0 spiro atoms. The Morgan fingerprint density at radius 3 is 0.608 bits per heavy atom. The van der Waals surface area contributed by atoms with Crippen molar-refractivity contribution < 1.29 is 150 Å². The van der Waals surface area contributed by atoms with E-state index in [2.05, 4.69) is 134 Å². The molecule has 0 fully saturated rings. The summed E-state index contributed by atoms with van der Waals surface area (Å²) in [5, 5.41) is 99.5. The number of hydrogen-bond donors (Lipinski definition) is 27. The van der Waals surface area contributed by atoms with Crippen molar-refractivity contribution in [3.63, 3.8) is 0 Å². The number of halogens is 3. The molecule has 0 saturated carbocycles. The predicted octanol–water partition coefficient (Wildman–Crippen LogP) is -7.75. The molecule has 0 aromatic rings.